The molecule has 1 N–H and O–H groups in total. The van der Waals surface area contributed by atoms with Crippen LogP contribution in [0.5, 0.6) is 0 Å². The summed E-state index contributed by atoms with van der Waals surface area (Å²) in [6, 6.07) is 6.12. The predicted octanol–water partition coefficient (Wildman–Crippen LogP) is 4.27. The van der Waals surface area contributed by atoms with Crippen molar-refractivity contribution in [1.29, 1.82) is 0 Å². The Balaban J connectivity index is 2.70. The lowest BCUT2D eigenvalue weighted by Gasteiger charge is -2.19. The summed E-state index contributed by atoms with van der Waals surface area (Å²) in [7, 11) is 0. The first-order valence-electron chi connectivity index (χ1n) is 5.84. The summed E-state index contributed by atoms with van der Waals surface area (Å²) in [5.41, 5.74) is 1.05. The minimum absolute atomic E-state index is 0.433. The van der Waals surface area contributed by atoms with Gasteiger partial charge < -0.3 is 5.32 Å². The summed E-state index contributed by atoms with van der Waals surface area (Å²) < 4.78 is 0. The molecule has 17 heavy (non-hydrogen) atoms. The maximum Gasteiger partial charge on any atom is 0.0453 e. The SMILES string of the molecule is CCCNC(CSC)Cc1c(Cl)cccc1Cl. The van der Waals surface area contributed by atoms with Crippen LogP contribution in [-0.4, -0.2) is 24.6 Å². The summed E-state index contributed by atoms with van der Waals surface area (Å²) in [6.45, 7) is 3.21. The fourth-order valence-electron chi connectivity index (χ4n) is 1.71. The van der Waals surface area contributed by atoms with Gasteiger partial charge in [0.25, 0.3) is 0 Å². The summed E-state index contributed by atoms with van der Waals surface area (Å²) in [4.78, 5) is 0. The van der Waals surface area contributed by atoms with Crippen molar-refractivity contribution >= 4 is 35.0 Å². The summed E-state index contributed by atoms with van der Waals surface area (Å²) in [5, 5.41) is 5.07. The predicted molar refractivity (Wildman–Crippen MR) is 80.6 cm³/mol. The Hall–Kier alpha value is 0.110. The highest BCUT2D eigenvalue weighted by Gasteiger charge is 2.13. The van der Waals surface area contributed by atoms with E-state index in [0.717, 1.165) is 40.7 Å². The molecule has 0 spiro atoms. The number of hydrogen-bond acceptors (Lipinski definition) is 2. The van der Waals surface area contributed by atoms with E-state index >= 15 is 0 Å². The summed E-state index contributed by atoms with van der Waals surface area (Å²) in [5.74, 6) is 1.07. The first kappa shape index (κ1) is 15.2. The van der Waals surface area contributed by atoms with Gasteiger partial charge in [0.15, 0.2) is 0 Å². The van der Waals surface area contributed by atoms with E-state index in [0.29, 0.717) is 6.04 Å². The summed E-state index contributed by atoms with van der Waals surface area (Å²) in [6.07, 6.45) is 4.15. The average molecular weight is 292 g/mol. The van der Waals surface area contributed by atoms with Crippen molar-refractivity contribution < 1.29 is 0 Å². The van der Waals surface area contributed by atoms with E-state index in [4.69, 9.17) is 23.2 Å². The molecular weight excluding hydrogens is 273 g/mol. The minimum Gasteiger partial charge on any atom is -0.313 e. The monoisotopic (exact) mass is 291 g/mol. The molecule has 1 rings (SSSR count). The first-order chi connectivity index (χ1) is 8.19. The van der Waals surface area contributed by atoms with Gasteiger partial charge >= 0.3 is 0 Å². The lowest BCUT2D eigenvalue weighted by atomic mass is 10.1. The van der Waals surface area contributed by atoms with Gasteiger partial charge in [0.1, 0.15) is 0 Å². The van der Waals surface area contributed by atoms with E-state index in [-0.39, 0.29) is 0 Å². The number of halogens is 2. The molecule has 0 aromatic heterocycles. The molecule has 0 radical (unpaired) electrons. The van der Waals surface area contributed by atoms with Gasteiger partial charge in [0.2, 0.25) is 0 Å². The molecule has 0 bridgehead atoms. The van der Waals surface area contributed by atoms with Crippen molar-refractivity contribution in [3.63, 3.8) is 0 Å². The largest absolute Gasteiger partial charge is 0.313 e. The second-order valence-corrected chi connectivity index (χ2v) is 5.74. The number of hydrogen-bond donors (Lipinski definition) is 1. The molecule has 0 amide bonds. The number of benzene rings is 1. The zero-order valence-electron chi connectivity index (χ0n) is 10.3. The zero-order chi connectivity index (χ0) is 12.7. The average Bonchev–Trinajstić information content (AvgIpc) is 2.31. The third-order valence-electron chi connectivity index (χ3n) is 2.56. The van der Waals surface area contributed by atoms with E-state index in [9.17, 15) is 0 Å². The van der Waals surface area contributed by atoms with Gasteiger partial charge in [-0.15, -0.1) is 0 Å². The van der Waals surface area contributed by atoms with Gasteiger partial charge in [-0.3, -0.25) is 0 Å². The Morgan fingerprint density at radius 3 is 2.47 bits per heavy atom. The third-order valence-corrected chi connectivity index (χ3v) is 4.01. The van der Waals surface area contributed by atoms with E-state index < -0.39 is 0 Å². The molecule has 0 aliphatic carbocycles. The van der Waals surface area contributed by atoms with Crippen molar-refractivity contribution in [3.05, 3.63) is 33.8 Å². The smallest absolute Gasteiger partial charge is 0.0453 e. The van der Waals surface area contributed by atoms with E-state index in [2.05, 4.69) is 18.5 Å². The van der Waals surface area contributed by atoms with Crippen molar-refractivity contribution in [1.82, 2.24) is 5.32 Å². The molecule has 4 heteroatoms. The third kappa shape index (κ3) is 5.09. The fourth-order valence-corrected chi connectivity index (χ4v) is 2.90. The van der Waals surface area contributed by atoms with Crippen molar-refractivity contribution in [2.24, 2.45) is 0 Å². The Morgan fingerprint density at radius 2 is 1.94 bits per heavy atom. The van der Waals surface area contributed by atoms with Crippen LogP contribution < -0.4 is 5.32 Å². The van der Waals surface area contributed by atoms with Crippen LogP contribution in [0.4, 0.5) is 0 Å². The molecule has 0 saturated carbocycles. The van der Waals surface area contributed by atoms with Gasteiger partial charge in [-0.05, 0) is 43.3 Å². The van der Waals surface area contributed by atoms with E-state index in [1.54, 1.807) is 0 Å². The topological polar surface area (TPSA) is 12.0 Å². The van der Waals surface area contributed by atoms with Crippen molar-refractivity contribution in [2.75, 3.05) is 18.6 Å². The van der Waals surface area contributed by atoms with Gasteiger partial charge in [0, 0.05) is 21.8 Å². The second kappa shape index (κ2) is 8.25. The molecule has 0 heterocycles. The van der Waals surface area contributed by atoms with Crippen LogP contribution in [0.1, 0.15) is 18.9 Å². The van der Waals surface area contributed by atoms with Gasteiger partial charge in [-0.1, -0.05) is 36.2 Å². The van der Waals surface area contributed by atoms with Gasteiger partial charge in [-0.2, -0.15) is 11.8 Å². The molecule has 0 saturated heterocycles. The highest BCUT2D eigenvalue weighted by molar-refractivity contribution is 7.98. The van der Waals surface area contributed by atoms with Crippen LogP contribution in [-0.2, 0) is 6.42 Å². The molecule has 0 aliphatic rings. The normalized spacial score (nSPS) is 12.7. The second-order valence-electron chi connectivity index (χ2n) is 4.01. The van der Waals surface area contributed by atoms with Gasteiger partial charge in [0.05, 0.1) is 0 Å². The van der Waals surface area contributed by atoms with Crippen molar-refractivity contribution in [3.8, 4) is 0 Å². The maximum absolute atomic E-state index is 6.19. The number of nitrogens with one attached hydrogen (secondary N) is 1. The molecule has 96 valence electrons. The number of thioether (sulfide) groups is 1. The van der Waals surface area contributed by atoms with Crippen LogP contribution >= 0.6 is 35.0 Å². The lowest BCUT2D eigenvalue weighted by Crippen LogP contribution is -2.34. The Morgan fingerprint density at radius 1 is 1.29 bits per heavy atom. The molecule has 1 aromatic carbocycles. The fraction of sp³-hybridized carbons (Fsp3) is 0.538. The van der Waals surface area contributed by atoms with Crippen LogP contribution in [0.15, 0.2) is 18.2 Å². The Labute approximate surface area is 118 Å². The Bertz CT molecular complexity index is 324. The molecular formula is C13H19Cl2NS. The van der Waals surface area contributed by atoms with Crippen LogP contribution in [0.3, 0.4) is 0 Å². The van der Waals surface area contributed by atoms with Crippen LogP contribution in [0.2, 0.25) is 10.0 Å². The molecule has 1 atom stereocenters. The Kier molecular flexibility index (Phi) is 7.36. The number of rotatable bonds is 7. The summed E-state index contributed by atoms with van der Waals surface area (Å²) >= 11 is 14.2. The van der Waals surface area contributed by atoms with Crippen molar-refractivity contribution in [2.45, 2.75) is 25.8 Å². The van der Waals surface area contributed by atoms with E-state index in [1.165, 1.54) is 0 Å². The quantitative estimate of drug-likeness (QED) is 0.805. The van der Waals surface area contributed by atoms with Crippen LogP contribution in [0.25, 0.3) is 0 Å². The lowest BCUT2D eigenvalue weighted by molar-refractivity contribution is 0.550. The molecule has 1 aromatic rings. The maximum atomic E-state index is 6.19. The minimum atomic E-state index is 0.433. The molecule has 1 unspecified atom stereocenters. The molecule has 0 aliphatic heterocycles. The standard InChI is InChI=1S/C13H19Cl2NS/c1-3-7-16-10(9-17-2)8-11-12(14)5-4-6-13(11)15/h4-6,10,16H,3,7-9H2,1-2H3. The highest BCUT2D eigenvalue weighted by atomic mass is 35.5. The highest BCUT2D eigenvalue weighted by Crippen LogP contribution is 2.25. The van der Waals surface area contributed by atoms with E-state index in [1.807, 2.05) is 30.0 Å². The zero-order valence-corrected chi connectivity index (χ0v) is 12.6. The molecule has 1 nitrogen and oxygen atoms in total. The van der Waals surface area contributed by atoms with Crippen LogP contribution in [0, 0.1) is 0 Å². The van der Waals surface area contributed by atoms with Gasteiger partial charge in [-0.25, -0.2) is 0 Å². The first-order valence-corrected chi connectivity index (χ1v) is 7.99. The molecule has 0 fully saturated rings.